The van der Waals surface area contributed by atoms with E-state index in [2.05, 4.69) is 14.8 Å². The number of nitrogens with zero attached hydrogens (tertiary/aromatic N) is 4. The number of amides is 1. The maximum Gasteiger partial charge on any atom is 0.279 e. The molecule has 1 atom stereocenters. The molecule has 1 unspecified atom stereocenters. The first kappa shape index (κ1) is 19.7. The number of hydrogen-bond acceptors (Lipinski definition) is 8. The summed E-state index contributed by atoms with van der Waals surface area (Å²) in [5.41, 5.74) is 6.96. The van der Waals surface area contributed by atoms with E-state index in [1.807, 2.05) is 18.2 Å². The van der Waals surface area contributed by atoms with Crippen molar-refractivity contribution >= 4 is 43.9 Å². The Labute approximate surface area is 183 Å². The van der Waals surface area contributed by atoms with Gasteiger partial charge in [0.1, 0.15) is 10.6 Å². The second-order valence-corrected chi connectivity index (χ2v) is 9.94. The van der Waals surface area contributed by atoms with Gasteiger partial charge in [-0.25, -0.2) is 9.97 Å². The normalized spacial score (nSPS) is 20.2. The zero-order chi connectivity index (χ0) is 20.7. The number of fused-ring (bicyclic) bond motifs is 1. The van der Waals surface area contributed by atoms with Crippen LogP contribution in [0.4, 0.5) is 5.13 Å². The van der Waals surface area contributed by atoms with Gasteiger partial charge in [-0.05, 0) is 51.4 Å². The molecule has 4 heterocycles. The van der Waals surface area contributed by atoms with Gasteiger partial charge in [0.05, 0.1) is 15.9 Å². The summed E-state index contributed by atoms with van der Waals surface area (Å²) in [5, 5.41) is 1.51. The minimum Gasteiger partial charge on any atom is -0.431 e. The number of hydrogen-bond donors (Lipinski definition) is 1. The Bertz CT molecular complexity index is 1070. The van der Waals surface area contributed by atoms with Crippen molar-refractivity contribution in [2.75, 3.05) is 31.1 Å². The molecule has 2 aliphatic rings. The maximum atomic E-state index is 11.4. The van der Waals surface area contributed by atoms with Gasteiger partial charge in [0.15, 0.2) is 5.13 Å². The van der Waals surface area contributed by atoms with Gasteiger partial charge in [-0.3, -0.25) is 9.69 Å². The molecule has 2 aliphatic heterocycles. The number of ether oxygens (including phenoxy) is 1. The molecular weight excluding hydrogens is 418 g/mol. The number of nitrogens with two attached hydrogens (primary N) is 1. The van der Waals surface area contributed by atoms with Gasteiger partial charge in [-0.1, -0.05) is 29.1 Å². The van der Waals surface area contributed by atoms with Crippen LogP contribution in [0.25, 0.3) is 10.2 Å². The molecule has 3 aromatic rings. The minimum absolute atomic E-state index is 0.425. The summed E-state index contributed by atoms with van der Waals surface area (Å²) in [6.07, 6.45) is 5.26. The van der Waals surface area contributed by atoms with Gasteiger partial charge in [0.2, 0.25) is 0 Å². The Hall–Kier alpha value is -2.23. The molecule has 2 fully saturated rings. The molecule has 2 saturated heterocycles. The van der Waals surface area contributed by atoms with E-state index in [1.165, 1.54) is 50.1 Å². The molecule has 0 aliphatic carbocycles. The predicted molar refractivity (Wildman–Crippen MR) is 121 cm³/mol. The van der Waals surface area contributed by atoms with Gasteiger partial charge in [-0.2, -0.15) is 0 Å². The third-order valence-electron chi connectivity index (χ3n) is 5.90. The molecule has 0 bridgehead atoms. The number of primary amides is 1. The second kappa shape index (κ2) is 8.13. The molecule has 158 valence electrons. The molecule has 0 spiro atoms. The number of aromatic nitrogens is 2. The summed E-state index contributed by atoms with van der Waals surface area (Å²) in [6, 6.07) is 6.53. The van der Waals surface area contributed by atoms with E-state index in [-0.39, 0.29) is 0 Å². The number of anilines is 1. The monoisotopic (exact) mass is 443 g/mol. The van der Waals surface area contributed by atoms with Gasteiger partial charge in [0, 0.05) is 25.2 Å². The summed E-state index contributed by atoms with van der Waals surface area (Å²) in [6.45, 7) is 6.38. The molecule has 7 nitrogen and oxygen atoms in total. The van der Waals surface area contributed by atoms with Crippen LogP contribution in [0.1, 0.15) is 41.0 Å². The molecule has 1 aromatic carbocycles. The van der Waals surface area contributed by atoms with Crippen LogP contribution in [0.2, 0.25) is 0 Å². The summed E-state index contributed by atoms with van der Waals surface area (Å²) in [4.78, 5) is 26.1. The van der Waals surface area contributed by atoms with E-state index in [0.717, 1.165) is 28.4 Å². The smallest absolute Gasteiger partial charge is 0.279 e. The van der Waals surface area contributed by atoms with E-state index in [0.29, 0.717) is 27.6 Å². The number of likely N-dealkylation sites (tertiary alicyclic amines) is 1. The Morgan fingerprint density at radius 1 is 1.17 bits per heavy atom. The molecule has 2 N–H and O–H groups in total. The number of thiazole rings is 2. The number of aryl methyl sites for hydroxylation is 1. The molecule has 9 heteroatoms. The van der Waals surface area contributed by atoms with Crippen molar-refractivity contribution in [2.45, 2.75) is 38.6 Å². The fourth-order valence-corrected chi connectivity index (χ4v) is 6.15. The van der Waals surface area contributed by atoms with Crippen molar-refractivity contribution in [3.63, 3.8) is 0 Å². The number of carbonyl (C=O) groups is 1. The van der Waals surface area contributed by atoms with Crippen LogP contribution < -0.4 is 15.4 Å². The average Bonchev–Trinajstić information content (AvgIpc) is 3.46. The topological polar surface area (TPSA) is 84.6 Å². The number of rotatable bonds is 5. The van der Waals surface area contributed by atoms with Crippen molar-refractivity contribution in [3.8, 4) is 10.9 Å². The highest BCUT2D eigenvalue weighted by molar-refractivity contribution is 7.22. The van der Waals surface area contributed by atoms with Crippen LogP contribution in [0.5, 0.6) is 10.9 Å². The van der Waals surface area contributed by atoms with Crippen molar-refractivity contribution in [3.05, 3.63) is 28.8 Å². The number of benzene rings is 1. The first-order chi connectivity index (χ1) is 14.6. The molecule has 0 radical (unpaired) electrons. The maximum absolute atomic E-state index is 11.4. The van der Waals surface area contributed by atoms with Crippen LogP contribution in [0, 0.1) is 6.92 Å². The SMILES string of the molecule is Cc1nc(Oc2ccc3nc(N4CCC(N5CCCCC5)C4)sc3c2)sc1C(N)=O. The van der Waals surface area contributed by atoms with E-state index in [9.17, 15) is 4.79 Å². The van der Waals surface area contributed by atoms with Crippen molar-refractivity contribution < 1.29 is 9.53 Å². The Morgan fingerprint density at radius 3 is 2.77 bits per heavy atom. The summed E-state index contributed by atoms with van der Waals surface area (Å²) in [5.74, 6) is 0.214. The lowest BCUT2D eigenvalue weighted by molar-refractivity contribution is 0.100. The highest BCUT2D eigenvalue weighted by Gasteiger charge is 2.30. The highest BCUT2D eigenvalue weighted by atomic mass is 32.1. The van der Waals surface area contributed by atoms with Gasteiger partial charge >= 0.3 is 0 Å². The molecule has 30 heavy (non-hydrogen) atoms. The quantitative estimate of drug-likeness (QED) is 0.641. The first-order valence-corrected chi connectivity index (χ1v) is 12.0. The third kappa shape index (κ3) is 3.89. The van der Waals surface area contributed by atoms with Crippen molar-refractivity contribution in [2.24, 2.45) is 5.73 Å². The molecule has 0 saturated carbocycles. The molecule has 1 amide bonds. The predicted octanol–water partition coefficient (Wildman–Crippen LogP) is 4.02. The summed E-state index contributed by atoms with van der Waals surface area (Å²) in [7, 11) is 0. The molecule has 2 aromatic heterocycles. The zero-order valence-corrected chi connectivity index (χ0v) is 18.6. The lowest BCUT2D eigenvalue weighted by Crippen LogP contribution is -2.40. The molecule has 5 rings (SSSR count). The van der Waals surface area contributed by atoms with Crippen LogP contribution >= 0.6 is 22.7 Å². The van der Waals surface area contributed by atoms with Crippen LogP contribution in [-0.4, -0.2) is 53.0 Å². The van der Waals surface area contributed by atoms with Gasteiger partial charge < -0.3 is 15.4 Å². The van der Waals surface area contributed by atoms with Crippen LogP contribution in [-0.2, 0) is 0 Å². The average molecular weight is 444 g/mol. The van der Waals surface area contributed by atoms with Crippen molar-refractivity contribution in [1.82, 2.24) is 14.9 Å². The summed E-state index contributed by atoms with van der Waals surface area (Å²) < 4.78 is 6.98. The zero-order valence-electron chi connectivity index (χ0n) is 17.0. The van der Waals surface area contributed by atoms with E-state index < -0.39 is 5.91 Å². The van der Waals surface area contributed by atoms with Gasteiger partial charge in [-0.15, -0.1) is 0 Å². The fraction of sp³-hybridized carbons (Fsp3) is 0.476. The van der Waals surface area contributed by atoms with Gasteiger partial charge in [0.25, 0.3) is 11.1 Å². The van der Waals surface area contributed by atoms with E-state index in [4.69, 9.17) is 15.5 Å². The fourth-order valence-electron chi connectivity index (χ4n) is 4.33. The standard InChI is InChI=1S/C21H25N5O2S2/c1-13-18(19(22)27)30-21(23-13)28-15-5-6-16-17(11-15)29-20(24-16)26-10-7-14(12-26)25-8-3-2-4-9-25/h5-6,11,14H,2-4,7-10,12H2,1H3,(H2,22,27). The number of carbonyl (C=O) groups excluding carboxylic acids is 1. The Morgan fingerprint density at radius 2 is 2.00 bits per heavy atom. The Balaban J connectivity index is 1.31. The minimum atomic E-state index is -0.476. The lowest BCUT2D eigenvalue weighted by Gasteiger charge is -2.32. The second-order valence-electron chi connectivity index (χ2n) is 7.97. The summed E-state index contributed by atoms with van der Waals surface area (Å²) >= 11 is 2.88. The highest BCUT2D eigenvalue weighted by Crippen LogP contribution is 2.36. The largest absolute Gasteiger partial charge is 0.431 e. The molecular formula is C21H25N5O2S2. The first-order valence-electron chi connectivity index (χ1n) is 10.4. The third-order valence-corrected chi connectivity index (χ3v) is 8.02. The van der Waals surface area contributed by atoms with Crippen LogP contribution in [0.3, 0.4) is 0 Å². The Kier molecular flexibility index (Phi) is 5.34. The van der Waals surface area contributed by atoms with Crippen LogP contribution in [0.15, 0.2) is 18.2 Å². The van der Waals surface area contributed by atoms with E-state index >= 15 is 0 Å². The number of piperidine rings is 1. The lowest BCUT2D eigenvalue weighted by atomic mass is 10.1. The van der Waals surface area contributed by atoms with E-state index in [1.54, 1.807) is 18.3 Å². The van der Waals surface area contributed by atoms with Crippen molar-refractivity contribution in [1.29, 1.82) is 0 Å².